The van der Waals surface area contributed by atoms with Crippen molar-refractivity contribution >= 4 is 26.8 Å². The molecule has 0 bridgehead atoms. The number of benzene rings is 1. The highest BCUT2D eigenvalue weighted by atomic mass is 32.2. The number of imidazole rings is 1. The molecule has 1 atom stereocenters. The van der Waals surface area contributed by atoms with E-state index in [4.69, 9.17) is 4.74 Å². The lowest BCUT2D eigenvalue weighted by Gasteiger charge is -2.38. The van der Waals surface area contributed by atoms with Gasteiger partial charge in [0.1, 0.15) is 0 Å². The summed E-state index contributed by atoms with van der Waals surface area (Å²) in [4.78, 5) is 30.5. The molecule has 2 N–H and O–H groups in total. The van der Waals surface area contributed by atoms with Crippen molar-refractivity contribution in [1.29, 1.82) is 0 Å². The number of rotatable bonds is 7. The van der Waals surface area contributed by atoms with Gasteiger partial charge in [0, 0.05) is 11.6 Å². The minimum atomic E-state index is -3.17. The second kappa shape index (κ2) is 8.70. The number of aromatic nitrogens is 3. The molecule has 2 aromatic heterocycles. The van der Waals surface area contributed by atoms with Crippen LogP contribution in [0.15, 0.2) is 35.3 Å². The standard InChI is InChI=1S/C24H29FN4O6S/c1-6-35-20-10-18(16(25)11-26-20)29-17-8-7-15(21(30)27-24(5)12-36(33,34)13-24)9-19(17)28(22(29)31)14(2)23(3,4)32/h7-11,14,32H,6,12-13H2,1-5H3,(H,27,30)/t14-/m1/s1. The molecule has 194 valence electrons. The molecular weight excluding hydrogens is 491 g/mol. The van der Waals surface area contributed by atoms with E-state index in [2.05, 4.69) is 10.3 Å². The van der Waals surface area contributed by atoms with Crippen LogP contribution >= 0.6 is 0 Å². The van der Waals surface area contributed by atoms with Gasteiger partial charge >= 0.3 is 5.69 Å². The second-order valence-electron chi connectivity index (χ2n) is 9.98. The van der Waals surface area contributed by atoms with E-state index in [1.807, 2.05) is 0 Å². The van der Waals surface area contributed by atoms with E-state index in [9.17, 15) is 27.5 Å². The van der Waals surface area contributed by atoms with Crippen molar-refractivity contribution in [2.45, 2.75) is 51.8 Å². The van der Waals surface area contributed by atoms with E-state index in [0.29, 0.717) is 17.6 Å². The largest absolute Gasteiger partial charge is 0.478 e. The first-order chi connectivity index (χ1) is 16.7. The number of hydrogen-bond acceptors (Lipinski definition) is 7. The Balaban J connectivity index is 1.89. The molecule has 3 aromatic rings. The Morgan fingerprint density at radius 1 is 1.31 bits per heavy atom. The van der Waals surface area contributed by atoms with Gasteiger partial charge in [-0.15, -0.1) is 0 Å². The van der Waals surface area contributed by atoms with Crippen molar-refractivity contribution in [2.75, 3.05) is 18.1 Å². The number of pyridine rings is 1. The van der Waals surface area contributed by atoms with Gasteiger partial charge in [0.05, 0.1) is 58.2 Å². The summed E-state index contributed by atoms with van der Waals surface area (Å²) < 4.78 is 46.0. The van der Waals surface area contributed by atoms with Crippen molar-refractivity contribution in [3.05, 3.63) is 52.3 Å². The predicted molar refractivity (Wildman–Crippen MR) is 132 cm³/mol. The van der Waals surface area contributed by atoms with Crippen LogP contribution in [-0.2, 0) is 9.84 Å². The Hall–Kier alpha value is -3.25. The number of aliphatic hydroxyl groups is 1. The highest BCUT2D eigenvalue weighted by Gasteiger charge is 2.45. The molecule has 1 aromatic carbocycles. The third kappa shape index (κ3) is 4.62. The maximum absolute atomic E-state index is 14.9. The van der Waals surface area contributed by atoms with Gasteiger partial charge in [-0.3, -0.25) is 13.9 Å². The number of carbonyl (C=O) groups is 1. The van der Waals surface area contributed by atoms with E-state index in [0.717, 1.165) is 10.8 Å². The smallest absolute Gasteiger partial charge is 0.334 e. The average Bonchev–Trinajstić information content (AvgIpc) is 3.03. The Labute approximate surface area is 207 Å². The zero-order valence-corrected chi connectivity index (χ0v) is 21.5. The van der Waals surface area contributed by atoms with E-state index < -0.39 is 44.4 Å². The van der Waals surface area contributed by atoms with Crippen molar-refractivity contribution in [3.63, 3.8) is 0 Å². The SMILES string of the molecule is CCOc1cc(-n2c(=O)n([C@H](C)C(C)(C)O)c3cc(C(=O)NC4(C)CS(=O)(=O)C4)ccc32)c(F)cn1. The van der Waals surface area contributed by atoms with Gasteiger partial charge in [-0.05, 0) is 52.8 Å². The number of nitrogens with zero attached hydrogens (tertiary/aromatic N) is 3. The summed E-state index contributed by atoms with van der Waals surface area (Å²) in [6, 6.07) is 5.03. The number of hydrogen-bond donors (Lipinski definition) is 2. The van der Waals surface area contributed by atoms with E-state index in [-0.39, 0.29) is 28.6 Å². The van der Waals surface area contributed by atoms with E-state index in [1.54, 1.807) is 34.6 Å². The minimum absolute atomic E-state index is 0.0884. The molecule has 1 aliphatic rings. The predicted octanol–water partition coefficient (Wildman–Crippen LogP) is 1.97. The summed E-state index contributed by atoms with van der Waals surface area (Å²) in [5.74, 6) is -1.44. The van der Waals surface area contributed by atoms with Gasteiger partial charge < -0.3 is 15.2 Å². The quantitative estimate of drug-likeness (QED) is 0.487. The zero-order valence-electron chi connectivity index (χ0n) is 20.7. The van der Waals surface area contributed by atoms with E-state index >= 15 is 0 Å². The maximum Gasteiger partial charge on any atom is 0.334 e. The summed E-state index contributed by atoms with van der Waals surface area (Å²) >= 11 is 0. The third-order valence-electron chi connectivity index (χ3n) is 6.38. The Morgan fingerprint density at radius 2 is 1.97 bits per heavy atom. The molecule has 0 aliphatic carbocycles. The van der Waals surface area contributed by atoms with Crippen LogP contribution in [0.5, 0.6) is 5.88 Å². The van der Waals surface area contributed by atoms with Gasteiger partial charge in [0.2, 0.25) is 5.88 Å². The maximum atomic E-state index is 14.9. The number of sulfone groups is 1. The lowest BCUT2D eigenvalue weighted by Crippen LogP contribution is -2.63. The second-order valence-corrected chi connectivity index (χ2v) is 12.0. The molecule has 1 fully saturated rings. The Bertz CT molecular complexity index is 1510. The first-order valence-corrected chi connectivity index (χ1v) is 13.3. The molecule has 0 spiro atoms. The molecular formula is C24H29FN4O6S. The molecule has 1 aliphatic heterocycles. The summed E-state index contributed by atoms with van der Waals surface area (Å²) in [6.45, 7) is 8.43. The summed E-state index contributed by atoms with van der Waals surface area (Å²) in [6.07, 6.45) is 0.963. The number of nitrogens with one attached hydrogen (secondary N) is 1. The zero-order chi connectivity index (χ0) is 26.6. The fraction of sp³-hybridized carbons (Fsp3) is 0.458. The van der Waals surface area contributed by atoms with Crippen LogP contribution in [0.25, 0.3) is 16.7 Å². The van der Waals surface area contributed by atoms with Crippen LogP contribution in [0, 0.1) is 5.82 Å². The van der Waals surface area contributed by atoms with Crippen LogP contribution in [0.3, 0.4) is 0 Å². The molecule has 4 rings (SSSR count). The Kier molecular flexibility index (Phi) is 6.24. The Morgan fingerprint density at radius 3 is 2.56 bits per heavy atom. The normalized spacial score (nSPS) is 17.4. The van der Waals surface area contributed by atoms with Crippen LogP contribution in [0.2, 0.25) is 0 Å². The fourth-order valence-electron chi connectivity index (χ4n) is 4.44. The fourth-order valence-corrected chi connectivity index (χ4v) is 6.44. The van der Waals surface area contributed by atoms with Crippen LogP contribution in [0.4, 0.5) is 4.39 Å². The number of fused-ring (bicyclic) bond motifs is 1. The van der Waals surface area contributed by atoms with Gasteiger partial charge in [0.25, 0.3) is 5.91 Å². The molecule has 12 heteroatoms. The summed E-state index contributed by atoms with van der Waals surface area (Å²) in [5, 5.41) is 13.4. The van der Waals surface area contributed by atoms with Crippen LogP contribution in [-0.4, -0.2) is 62.8 Å². The molecule has 0 unspecified atom stereocenters. The first-order valence-electron chi connectivity index (χ1n) is 11.5. The lowest BCUT2D eigenvalue weighted by molar-refractivity contribution is 0.0307. The number of ether oxygens (including phenoxy) is 1. The summed E-state index contributed by atoms with van der Waals surface area (Å²) in [7, 11) is -3.17. The molecule has 0 radical (unpaired) electrons. The van der Waals surface area contributed by atoms with Gasteiger partial charge in [-0.1, -0.05) is 0 Å². The molecule has 36 heavy (non-hydrogen) atoms. The van der Waals surface area contributed by atoms with Crippen molar-refractivity contribution in [3.8, 4) is 11.6 Å². The average molecular weight is 521 g/mol. The van der Waals surface area contributed by atoms with Crippen molar-refractivity contribution in [2.24, 2.45) is 0 Å². The molecule has 0 saturated carbocycles. The summed E-state index contributed by atoms with van der Waals surface area (Å²) in [5.41, 5.74) is -2.14. The molecule has 10 nitrogen and oxygen atoms in total. The topological polar surface area (TPSA) is 133 Å². The molecule has 1 amide bonds. The highest BCUT2D eigenvalue weighted by Crippen LogP contribution is 2.29. The van der Waals surface area contributed by atoms with Gasteiger partial charge in [0.15, 0.2) is 15.7 Å². The molecule has 1 saturated heterocycles. The monoisotopic (exact) mass is 520 g/mol. The van der Waals surface area contributed by atoms with Crippen LogP contribution in [0.1, 0.15) is 51.0 Å². The first kappa shape index (κ1) is 25.8. The number of halogens is 1. The number of carbonyl (C=O) groups excluding carboxylic acids is 1. The van der Waals surface area contributed by atoms with Crippen LogP contribution < -0.4 is 15.7 Å². The molecule has 3 heterocycles. The number of amides is 1. The minimum Gasteiger partial charge on any atom is -0.478 e. The van der Waals surface area contributed by atoms with E-state index in [1.165, 1.54) is 28.8 Å². The van der Waals surface area contributed by atoms with Gasteiger partial charge in [-0.25, -0.2) is 22.6 Å². The highest BCUT2D eigenvalue weighted by molar-refractivity contribution is 7.93. The lowest BCUT2D eigenvalue weighted by atomic mass is 10.0. The van der Waals surface area contributed by atoms with Crippen molar-refractivity contribution in [1.82, 2.24) is 19.4 Å². The third-order valence-corrected chi connectivity index (χ3v) is 8.53. The van der Waals surface area contributed by atoms with Gasteiger partial charge in [-0.2, -0.15) is 0 Å². The van der Waals surface area contributed by atoms with Crippen molar-refractivity contribution < 1.29 is 27.4 Å².